The van der Waals surface area contributed by atoms with Crippen LogP contribution in [0.5, 0.6) is 17.2 Å². The zero-order chi connectivity index (χ0) is 21.8. The molecule has 0 unspecified atom stereocenters. The molecule has 0 saturated carbocycles. The Morgan fingerprint density at radius 3 is 2.42 bits per heavy atom. The number of nitrogens with one attached hydrogen (secondary N) is 2. The van der Waals surface area contributed by atoms with Crippen molar-refractivity contribution in [1.29, 1.82) is 0 Å². The summed E-state index contributed by atoms with van der Waals surface area (Å²) in [7, 11) is 4.84. The monoisotopic (exact) mass is 439 g/mol. The number of anilines is 1. The fraction of sp³-hybridized carbons (Fsp3) is 0.227. The molecule has 9 heteroatoms. The van der Waals surface area contributed by atoms with Crippen LogP contribution in [0.15, 0.2) is 42.9 Å². The molecule has 4 rings (SSSR count). The number of aromatic amines is 1. The van der Waals surface area contributed by atoms with Crippen molar-refractivity contribution in [2.45, 2.75) is 13.0 Å². The summed E-state index contributed by atoms with van der Waals surface area (Å²) in [6.07, 6.45) is 5.93. The third kappa shape index (κ3) is 4.49. The number of methoxy groups -OCH3 is 3. The van der Waals surface area contributed by atoms with Gasteiger partial charge in [-0.25, -0.2) is 15.0 Å². The third-order valence-electron chi connectivity index (χ3n) is 4.91. The smallest absolute Gasteiger partial charge is 0.156 e. The van der Waals surface area contributed by atoms with E-state index in [9.17, 15) is 0 Å². The summed E-state index contributed by atoms with van der Waals surface area (Å²) in [5, 5.41) is 3.68. The lowest BCUT2D eigenvalue weighted by atomic mass is 10.1. The van der Waals surface area contributed by atoms with Crippen LogP contribution in [0.2, 0.25) is 5.15 Å². The highest BCUT2D eigenvalue weighted by atomic mass is 35.5. The minimum Gasteiger partial charge on any atom is -0.496 e. The van der Waals surface area contributed by atoms with E-state index in [1.807, 2.05) is 36.7 Å². The van der Waals surface area contributed by atoms with Gasteiger partial charge in [0.1, 0.15) is 33.7 Å². The number of nitrogens with zero attached hydrogens (tertiary/aromatic N) is 3. The summed E-state index contributed by atoms with van der Waals surface area (Å²) in [4.78, 5) is 16.3. The molecule has 0 amide bonds. The molecule has 0 radical (unpaired) electrons. The molecule has 0 saturated heterocycles. The molecule has 160 valence electrons. The van der Waals surface area contributed by atoms with E-state index in [1.54, 1.807) is 21.3 Å². The molecule has 0 spiro atoms. The second-order valence-electron chi connectivity index (χ2n) is 6.80. The largest absolute Gasteiger partial charge is 0.496 e. The van der Waals surface area contributed by atoms with Crippen molar-refractivity contribution in [3.63, 3.8) is 0 Å². The Bertz CT molecular complexity index is 1170. The summed E-state index contributed by atoms with van der Waals surface area (Å²) >= 11 is 5.98. The van der Waals surface area contributed by atoms with Crippen molar-refractivity contribution in [1.82, 2.24) is 19.9 Å². The summed E-state index contributed by atoms with van der Waals surface area (Å²) < 4.78 is 16.3. The topological polar surface area (TPSA) is 94.2 Å². The number of aromatic nitrogens is 4. The van der Waals surface area contributed by atoms with E-state index in [2.05, 4.69) is 25.3 Å². The molecule has 0 fully saturated rings. The zero-order valence-electron chi connectivity index (χ0n) is 17.4. The van der Waals surface area contributed by atoms with Crippen LogP contribution in [0, 0.1) is 0 Å². The van der Waals surface area contributed by atoms with Gasteiger partial charge < -0.3 is 24.5 Å². The van der Waals surface area contributed by atoms with Crippen molar-refractivity contribution in [3.05, 3.63) is 64.7 Å². The second kappa shape index (κ2) is 9.09. The lowest BCUT2D eigenvalue weighted by Crippen LogP contribution is -2.06. The maximum Gasteiger partial charge on any atom is 0.156 e. The number of ether oxygens (including phenoxy) is 3. The molecule has 8 nitrogen and oxygen atoms in total. The van der Waals surface area contributed by atoms with Crippen LogP contribution in [0.3, 0.4) is 0 Å². The molecule has 3 aromatic heterocycles. The highest BCUT2D eigenvalue weighted by Crippen LogP contribution is 2.34. The predicted octanol–water partition coefficient (Wildman–Crippen LogP) is 4.24. The first-order chi connectivity index (χ1) is 15.1. The van der Waals surface area contributed by atoms with Crippen LogP contribution in [0.1, 0.15) is 16.7 Å². The Balaban J connectivity index is 1.47. The van der Waals surface area contributed by atoms with Crippen LogP contribution >= 0.6 is 11.6 Å². The number of pyridine rings is 1. The van der Waals surface area contributed by atoms with E-state index < -0.39 is 0 Å². The molecule has 31 heavy (non-hydrogen) atoms. The first-order valence-corrected chi connectivity index (χ1v) is 9.95. The van der Waals surface area contributed by atoms with E-state index in [1.165, 1.54) is 6.20 Å². The Labute approximate surface area is 184 Å². The maximum atomic E-state index is 5.98. The predicted molar refractivity (Wildman–Crippen MR) is 119 cm³/mol. The molecular weight excluding hydrogens is 418 g/mol. The standard InChI is InChI=1S/C22H22ClN5O3/c1-29-15-7-17(30-2)16(18(8-15)31-3)11-25-20-5-4-13(9-24-20)6-14-10-26-22-21(14)28-19(23)12-27-22/h4-5,7-10,12H,6,11H2,1-3H3,(H,24,25)(H,26,27). The molecule has 1 aromatic carbocycles. The van der Waals surface area contributed by atoms with Crippen molar-refractivity contribution in [3.8, 4) is 17.2 Å². The number of benzene rings is 1. The van der Waals surface area contributed by atoms with Crippen molar-refractivity contribution < 1.29 is 14.2 Å². The van der Waals surface area contributed by atoms with Crippen LogP contribution in [0.4, 0.5) is 5.82 Å². The molecular formula is C22H22ClN5O3. The molecule has 0 aliphatic rings. The first kappa shape index (κ1) is 20.7. The third-order valence-corrected chi connectivity index (χ3v) is 5.10. The van der Waals surface area contributed by atoms with Gasteiger partial charge in [0.25, 0.3) is 0 Å². The molecule has 4 aromatic rings. The normalized spacial score (nSPS) is 10.8. The zero-order valence-corrected chi connectivity index (χ0v) is 18.2. The van der Waals surface area contributed by atoms with Gasteiger partial charge in [0.05, 0.1) is 33.1 Å². The number of hydrogen-bond acceptors (Lipinski definition) is 7. The minimum absolute atomic E-state index is 0.371. The molecule has 2 N–H and O–H groups in total. The van der Waals surface area contributed by atoms with E-state index >= 15 is 0 Å². The van der Waals surface area contributed by atoms with Gasteiger partial charge in [-0.1, -0.05) is 17.7 Å². The van der Waals surface area contributed by atoms with E-state index in [-0.39, 0.29) is 0 Å². The quantitative estimate of drug-likeness (QED) is 0.424. The number of H-pyrrole nitrogens is 1. The Kier molecular flexibility index (Phi) is 6.08. The van der Waals surface area contributed by atoms with Gasteiger partial charge in [-0.3, -0.25) is 0 Å². The number of rotatable bonds is 8. The Hall–Kier alpha value is -3.52. The molecule has 0 bridgehead atoms. The van der Waals surface area contributed by atoms with E-state index in [0.717, 1.165) is 28.0 Å². The van der Waals surface area contributed by atoms with E-state index in [0.29, 0.717) is 41.0 Å². The summed E-state index contributed by atoms with van der Waals surface area (Å²) in [6.45, 7) is 0.485. The highest BCUT2D eigenvalue weighted by Gasteiger charge is 2.13. The van der Waals surface area contributed by atoms with Gasteiger partial charge in [-0.15, -0.1) is 0 Å². The number of fused-ring (bicyclic) bond motifs is 1. The van der Waals surface area contributed by atoms with Crippen molar-refractivity contribution in [2.75, 3.05) is 26.6 Å². The van der Waals surface area contributed by atoms with Gasteiger partial charge in [0, 0.05) is 43.1 Å². The Morgan fingerprint density at radius 2 is 1.77 bits per heavy atom. The Morgan fingerprint density at radius 1 is 1.00 bits per heavy atom. The highest BCUT2D eigenvalue weighted by molar-refractivity contribution is 6.29. The van der Waals surface area contributed by atoms with Crippen LogP contribution in [0.25, 0.3) is 11.2 Å². The maximum absolute atomic E-state index is 5.98. The van der Waals surface area contributed by atoms with Gasteiger partial charge in [0.15, 0.2) is 5.65 Å². The van der Waals surface area contributed by atoms with Crippen LogP contribution in [-0.2, 0) is 13.0 Å². The van der Waals surface area contributed by atoms with Gasteiger partial charge in [-0.2, -0.15) is 0 Å². The van der Waals surface area contributed by atoms with Gasteiger partial charge >= 0.3 is 0 Å². The fourth-order valence-corrected chi connectivity index (χ4v) is 3.47. The lowest BCUT2D eigenvalue weighted by Gasteiger charge is -2.16. The van der Waals surface area contributed by atoms with Crippen molar-refractivity contribution in [2.24, 2.45) is 0 Å². The van der Waals surface area contributed by atoms with Gasteiger partial charge in [-0.05, 0) is 11.6 Å². The first-order valence-electron chi connectivity index (χ1n) is 9.57. The van der Waals surface area contributed by atoms with Crippen molar-refractivity contribution >= 4 is 28.6 Å². The summed E-state index contributed by atoms with van der Waals surface area (Å²) in [5.41, 5.74) is 4.43. The SMILES string of the molecule is COc1cc(OC)c(CNc2ccc(Cc3c[nH]c4ncc(Cl)nc34)cn2)c(OC)c1. The number of hydrogen-bond donors (Lipinski definition) is 2. The molecule has 0 atom stereocenters. The second-order valence-corrected chi connectivity index (χ2v) is 7.18. The average molecular weight is 440 g/mol. The molecule has 3 heterocycles. The number of halogens is 1. The molecule has 0 aliphatic carbocycles. The molecule has 0 aliphatic heterocycles. The summed E-state index contributed by atoms with van der Waals surface area (Å²) in [6, 6.07) is 7.61. The van der Waals surface area contributed by atoms with Crippen LogP contribution in [-0.4, -0.2) is 41.3 Å². The average Bonchev–Trinajstić information content (AvgIpc) is 3.19. The lowest BCUT2D eigenvalue weighted by molar-refractivity contribution is 0.369. The van der Waals surface area contributed by atoms with Crippen LogP contribution < -0.4 is 19.5 Å². The van der Waals surface area contributed by atoms with Gasteiger partial charge in [0.2, 0.25) is 0 Å². The minimum atomic E-state index is 0.371. The van der Waals surface area contributed by atoms with E-state index in [4.69, 9.17) is 25.8 Å². The summed E-state index contributed by atoms with van der Waals surface area (Å²) in [5.74, 6) is 2.77. The fourth-order valence-electron chi connectivity index (χ4n) is 3.34.